The third kappa shape index (κ3) is 3.55. The molecule has 1 saturated carbocycles. The summed E-state index contributed by atoms with van der Waals surface area (Å²) in [4.78, 5) is 32.6. The molecule has 186 valence electrons. The second-order valence-electron chi connectivity index (χ2n) is 9.06. The van der Waals surface area contributed by atoms with Crippen molar-refractivity contribution in [3.63, 3.8) is 0 Å². The Morgan fingerprint density at radius 2 is 2.03 bits per heavy atom. The predicted molar refractivity (Wildman–Crippen MR) is 138 cm³/mol. The van der Waals surface area contributed by atoms with Crippen LogP contribution in [0.25, 0.3) is 37.2 Å². The lowest BCUT2D eigenvalue weighted by Gasteiger charge is -2.14. The van der Waals surface area contributed by atoms with Crippen LogP contribution in [-0.4, -0.2) is 31.0 Å². The second-order valence-corrected chi connectivity index (χ2v) is 10.5. The van der Waals surface area contributed by atoms with Gasteiger partial charge >= 0.3 is 5.69 Å². The molecule has 0 unspecified atom stereocenters. The standard InChI is InChI=1S/C25H18ClFN6O3S/c1-31-21-13(9-30-31)8-29-10-18(21)33-23(34)22-17(32(24(33)35)12-25(11-28)3-4-25)7-20(37-22)14-5-19(36-2)16(27)6-15(14)26/h5-10H,3-4,12H2,1-2H3. The number of methoxy groups -OCH3 is 1. The molecule has 4 heterocycles. The number of rotatable bonds is 5. The van der Waals surface area contributed by atoms with Gasteiger partial charge in [-0.2, -0.15) is 10.4 Å². The minimum Gasteiger partial charge on any atom is -0.494 e. The molecule has 1 aromatic carbocycles. The van der Waals surface area contributed by atoms with Gasteiger partial charge in [-0.25, -0.2) is 13.8 Å². The van der Waals surface area contributed by atoms with Gasteiger partial charge in [0.1, 0.15) is 4.70 Å². The summed E-state index contributed by atoms with van der Waals surface area (Å²) in [6.07, 6.45) is 5.99. The van der Waals surface area contributed by atoms with Gasteiger partial charge in [-0.05, 0) is 31.0 Å². The highest BCUT2D eigenvalue weighted by Gasteiger charge is 2.44. The fourth-order valence-electron chi connectivity index (χ4n) is 4.55. The molecule has 0 bridgehead atoms. The summed E-state index contributed by atoms with van der Waals surface area (Å²) in [5.74, 6) is -0.611. The average Bonchev–Trinajstić information content (AvgIpc) is 3.35. The van der Waals surface area contributed by atoms with Crippen molar-refractivity contribution in [2.75, 3.05) is 7.11 Å². The Kier molecular flexibility index (Phi) is 5.22. The number of aromatic nitrogens is 5. The summed E-state index contributed by atoms with van der Waals surface area (Å²) < 4.78 is 23.7. The molecule has 0 spiro atoms. The van der Waals surface area contributed by atoms with Crippen LogP contribution in [0, 0.1) is 22.6 Å². The van der Waals surface area contributed by atoms with Gasteiger partial charge in [-0.3, -0.25) is 19.0 Å². The number of hydrogen-bond acceptors (Lipinski definition) is 7. The molecule has 12 heteroatoms. The first-order valence-electron chi connectivity index (χ1n) is 11.3. The zero-order chi connectivity index (χ0) is 26.1. The first-order valence-corrected chi connectivity index (χ1v) is 12.5. The lowest BCUT2D eigenvalue weighted by atomic mass is 10.1. The highest BCUT2D eigenvalue weighted by molar-refractivity contribution is 7.22. The molecule has 0 N–H and O–H groups in total. The Labute approximate surface area is 217 Å². The van der Waals surface area contributed by atoms with Crippen LogP contribution in [0.4, 0.5) is 4.39 Å². The molecule has 6 rings (SSSR count). The number of pyridine rings is 1. The number of hydrogen-bond donors (Lipinski definition) is 0. The van der Waals surface area contributed by atoms with Crippen LogP contribution in [0.3, 0.4) is 0 Å². The summed E-state index contributed by atoms with van der Waals surface area (Å²) in [5, 5.41) is 14.8. The van der Waals surface area contributed by atoms with Crippen molar-refractivity contribution < 1.29 is 9.13 Å². The molecule has 1 aliphatic rings. The summed E-state index contributed by atoms with van der Waals surface area (Å²) >= 11 is 7.50. The van der Waals surface area contributed by atoms with Gasteiger partial charge in [0.2, 0.25) is 0 Å². The number of nitriles is 1. The first-order chi connectivity index (χ1) is 17.8. The maximum absolute atomic E-state index is 14.2. The van der Waals surface area contributed by atoms with Gasteiger partial charge in [0.15, 0.2) is 11.6 Å². The molecular weight excluding hydrogens is 519 g/mol. The first kappa shape index (κ1) is 23.4. The van der Waals surface area contributed by atoms with E-state index >= 15 is 0 Å². The smallest absolute Gasteiger partial charge is 0.336 e. The Hall–Kier alpha value is -4.01. The number of nitrogens with zero attached hydrogens (tertiary/aromatic N) is 6. The van der Waals surface area contributed by atoms with Crippen LogP contribution in [0.1, 0.15) is 12.8 Å². The topological polar surface area (TPSA) is 108 Å². The molecule has 0 saturated heterocycles. The number of aryl methyl sites for hydroxylation is 1. The lowest BCUT2D eigenvalue weighted by Crippen LogP contribution is -2.40. The number of thiophene rings is 1. The van der Waals surface area contributed by atoms with E-state index in [2.05, 4.69) is 16.2 Å². The van der Waals surface area contributed by atoms with E-state index in [4.69, 9.17) is 16.3 Å². The third-order valence-corrected chi connectivity index (χ3v) is 8.20. The number of benzene rings is 1. The molecule has 0 atom stereocenters. The summed E-state index contributed by atoms with van der Waals surface area (Å²) in [6, 6.07) is 6.61. The number of halogens is 2. The van der Waals surface area contributed by atoms with Crippen LogP contribution in [0.2, 0.25) is 5.02 Å². The van der Waals surface area contributed by atoms with Gasteiger partial charge < -0.3 is 4.74 Å². The van der Waals surface area contributed by atoms with Crippen molar-refractivity contribution in [1.82, 2.24) is 23.9 Å². The minimum absolute atomic E-state index is 0.00188. The number of ether oxygens (including phenoxy) is 1. The maximum atomic E-state index is 14.2. The average molecular weight is 537 g/mol. The largest absolute Gasteiger partial charge is 0.494 e. The molecule has 37 heavy (non-hydrogen) atoms. The van der Waals surface area contributed by atoms with Crippen LogP contribution >= 0.6 is 22.9 Å². The molecule has 0 aliphatic heterocycles. The molecule has 9 nitrogen and oxygen atoms in total. The minimum atomic E-state index is -0.672. The van der Waals surface area contributed by atoms with E-state index in [1.165, 1.54) is 23.9 Å². The van der Waals surface area contributed by atoms with Crippen molar-refractivity contribution in [2.24, 2.45) is 12.5 Å². The van der Waals surface area contributed by atoms with E-state index < -0.39 is 22.5 Å². The summed E-state index contributed by atoms with van der Waals surface area (Å²) in [5.41, 5.74) is -0.0722. The normalized spacial score (nSPS) is 14.2. The lowest BCUT2D eigenvalue weighted by molar-refractivity contribution is 0.387. The van der Waals surface area contributed by atoms with Crippen LogP contribution < -0.4 is 16.0 Å². The van der Waals surface area contributed by atoms with Gasteiger partial charge in [0.05, 0.1) is 52.7 Å². The van der Waals surface area contributed by atoms with Crippen molar-refractivity contribution in [3.05, 3.63) is 68.5 Å². The zero-order valence-corrected chi connectivity index (χ0v) is 21.2. The van der Waals surface area contributed by atoms with Gasteiger partial charge in [0, 0.05) is 35.6 Å². The van der Waals surface area contributed by atoms with E-state index in [1.807, 2.05) is 0 Å². The highest BCUT2D eigenvalue weighted by atomic mass is 35.5. The second kappa shape index (κ2) is 8.26. The Bertz CT molecular complexity index is 1910. The van der Waals surface area contributed by atoms with Crippen molar-refractivity contribution >= 4 is 44.1 Å². The Morgan fingerprint density at radius 3 is 2.73 bits per heavy atom. The van der Waals surface area contributed by atoms with E-state index in [0.29, 0.717) is 50.1 Å². The molecule has 0 amide bonds. The molecule has 5 aromatic rings. The highest BCUT2D eigenvalue weighted by Crippen LogP contribution is 2.47. The molecular formula is C25H18ClFN6O3S. The van der Waals surface area contributed by atoms with Crippen LogP contribution in [0.5, 0.6) is 5.75 Å². The summed E-state index contributed by atoms with van der Waals surface area (Å²) in [7, 11) is 3.07. The van der Waals surface area contributed by atoms with Crippen LogP contribution in [0.15, 0.2) is 46.4 Å². The molecule has 1 fully saturated rings. The SMILES string of the molecule is COc1cc(-c2cc3c(s2)c(=O)n(-c2cncc4cnn(C)c24)c(=O)n3CC2(C#N)CC2)c(Cl)cc1F. The Morgan fingerprint density at radius 1 is 1.24 bits per heavy atom. The maximum Gasteiger partial charge on any atom is 0.336 e. The Balaban J connectivity index is 1.68. The van der Waals surface area contributed by atoms with E-state index in [-0.39, 0.29) is 17.3 Å². The third-order valence-electron chi connectivity index (χ3n) is 6.74. The van der Waals surface area contributed by atoms with Gasteiger partial charge in [0.25, 0.3) is 5.56 Å². The van der Waals surface area contributed by atoms with Crippen LogP contribution in [-0.2, 0) is 13.6 Å². The van der Waals surface area contributed by atoms with E-state index in [9.17, 15) is 19.2 Å². The fourth-order valence-corrected chi connectivity index (χ4v) is 5.98. The van der Waals surface area contributed by atoms with E-state index in [1.54, 1.807) is 30.2 Å². The van der Waals surface area contributed by atoms with Crippen molar-refractivity contribution in [3.8, 4) is 27.9 Å². The summed E-state index contributed by atoms with van der Waals surface area (Å²) in [6.45, 7) is 0.130. The van der Waals surface area contributed by atoms with Crippen molar-refractivity contribution in [1.29, 1.82) is 5.26 Å². The van der Waals surface area contributed by atoms with E-state index in [0.717, 1.165) is 22.0 Å². The van der Waals surface area contributed by atoms with Crippen molar-refractivity contribution in [2.45, 2.75) is 19.4 Å². The molecule has 4 aromatic heterocycles. The quantitative estimate of drug-likeness (QED) is 0.332. The monoisotopic (exact) mass is 536 g/mol. The molecule has 0 radical (unpaired) electrons. The molecule has 1 aliphatic carbocycles. The van der Waals surface area contributed by atoms with Gasteiger partial charge in [-0.1, -0.05) is 11.6 Å². The number of fused-ring (bicyclic) bond motifs is 2. The van der Waals surface area contributed by atoms with Gasteiger partial charge in [-0.15, -0.1) is 11.3 Å². The zero-order valence-electron chi connectivity index (χ0n) is 19.7. The fraction of sp³-hybridized carbons (Fsp3) is 0.240. The predicted octanol–water partition coefficient (Wildman–Crippen LogP) is 4.27.